The van der Waals surface area contributed by atoms with E-state index < -0.39 is 5.91 Å². The molecule has 2 aromatic rings. The predicted octanol–water partition coefficient (Wildman–Crippen LogP) is 1.22. The zero-order chi connectivity index (χ0) is 14.1. The van der Waals surface area contributed by atoms with Gasteiger partial charge >= 0.3 is 0 Å². The fraction of sp³-hybridized carbons (Fsp3) is 0.200. The molecule has 0 bridgehead atoms. The van der Waals surface area contributed by atoms with Crippen molar-refractivity contribution in [2.75, 3.05) is 5.32 Å². The van der Waals surface area contributed by atoms with Crippen LogP contribution < -0.4 is 16.8 Å². The summed E-state index contributed by atoms with van der Waals surface area (Å²) in [6, 6.07) is 11.7. The van der Waals surface area contributed by atoms with E-state index in [2.05, 4.69) is 22.4 Å². The van der Waals surface area contributed by atoms with Gasteiger partial charge in [0.15, 0.2) is 0 Å². The second kappa shape index (κ2) is 4.94. The van der Waals surface area contributed by atoms with Crippen LogP contribution >= 0.6 is 0 Å². The van der Waals surface area contributed by atoms with Gasteiger partial charge in [0.2, 0.25) is 5.91 Å². The van der Waals surface area contributed by atoms with Gasteiger partial charge in [0.05, 0.1) is 11.6 Å². The average Bonchev–Trinajstić information content (AvgIpc) is 2.76. The van der Waals surface area contributed by atoms with Gasteiger partial charge in [-0.1, -0.05) is 24.3 Å². The number of hydrogen-bond donors (Lipinski definition) is 3. The van der Waals surface area contributed by atoms with Crippen LogP contribution in [-0.4, -0.2) is 16.9 Å². The standard InChI is InChI=1S/C15H16N4O/c16-12-7-9-3-1-2-4-11(9)14(12)19-13-6-5-10(8-18-13)15(17)20/h1-6,8,12,14H,7,16H2,(H2,17,20)(H,18,19). The normalized spacial score (nSPS) is 20.4. The molecule has 1 aromatic carbocycles. The highest BCUT2D eigenvalue weighted by Crippen LogP contribution is 2.32. The Morgan fingerprint density at radius 3 is 2.75 bits per heavy atom. The van der Waals surface area contributed by atoms with Crippen LogP contribution in [0.5, 0.6) is 0 Å². The van der Waals surface area contributed by atoms with E-state index in [0.717, 1.165) is 6.42 Å². The Kier molecular flexibility index (Phi) is 3.12. The number of primary amides is 1. The lowest BCUT2D eigenvalue weighted by molar-refractivity contribution is 0.1000. The van der Waals surface area contributed by atoms with E-state index in [1.807, 2.05) is 12.1 Å². The zero-order valence-corrected chi connectivity index (χ0v) is 10.9. The Hall–Kier alpha value is -2.40. The molecule has 1 aliphatic rings. The summed E-state index contributed by atoms with van der Waals surface area (Å²) >= 11 is 0. The fourth-order valence-corrected chi connectivity index (χ4v) is 2.60. The molecule has 0 spiro atoms. The Morgan fingerprint density at radius 1 is 1.25 bits per heavy atom. The summed E-state index contributed by atoms with van der Waals surface area (Å²) in [6.07, 6.45) is 2.32. The Bertz CT molecular complexity index is 639. The fourth-order valence-electron chi connectivity index (χ4n) is 2.60. The minimum atomic E-state index is -0.480. The zero-order valence-electron chi connectivity index (χ0n) is 10.9. The maximum absolute atomic E-state index is 11.0. The molecular weight excluding hydrogens is 252 g/mol. The number of aromatic nitrogens is 1. The minimum absolute atomic E-state index is 0.0185. The van der Waals surface area contributed by atoms with Crippen molar-refractivity contribution in [3.05, 3.63) is 59.3 Å². The van der Waals surface area contributed by atoms with E-state index in [0.29, 0.717) is 11.4 Å². The lowest BCUT2D eigenvalue weighted by atomic mass is 10.1. The molecule has 2 atom stereocenters. The van der Waals surface area contributed by atoms with Crippen molar-refractivity contribution < 1.29 is 4.79 Å². The lowest BCUT2D eigenvalue weighted by Crippen LogP contribution is -2.30. The maximum Gasteiger partial charge on any atom is 0.250 e. The van der Waals surface area contributed by atoms with Crippen LogP contribution in [-0.2, 0) is 6.42 Å². The number of carbonyl (C=O) groups excluding carboxylic acids is 1. The third-order valence-corrected chi connectivity index (χ3v) is 3.63. The molecule has 2 unspecified atom stereocenters. The van der Waals surface area contributed by atoms with Crippen molar-refractivity contribution in [3.8, 4) is 0 Å². The molecule has 1 amide bonds. The van der Waals surface area contributed by atoms with Gasteiger partial charge in [-0.3, -0.25) is 4.79 Å². The van der Waals surface area contributed by atoms with E-state index in [1.54, 1.807) is 12.1 Å². The van der Waals surface area contributed by atoms with Gasteiger partial charge in [0, 0.05) is 12.2 Å². The largest absolute Gasteiger partial charge is 0.366 e. The van der Waals surface area contributed by atoms with Gasteiger partial charge in [0.1, 0.15) is 5.82 Å². The van der Waals surface area contributed by atoms with Crippen molar-refractivity contribution in [1.82, 2.24) is 4.98 Å². The summed E-state index contributed by atoms with van der Waals surface area (Å²) < 4.78 is 0. The minimum Gasteiger partial charge on any atom is -0.366 e. The summed E-state index contributed by atoms with van der Waals surface area (Å²) in [5.74, 6) is 0.208. The van der Waals surface area contributed by atoms with Gasteiger partial charge in [-0.05, 0) is 29.7 Å². The van der Waals surface area contributed by atoms with Crippen LogP contribution in [0, 0.1) is 0 Å². The van der Waals surface area contributed by atoms with Crippen molar-refractivity contribution in [2.24, 2.45) is 11.5 Å². The maximum atomic E-state index is 11.0. The Balaban J connectivity index is 1.82. The molecule has 0 saturated heterocycles. The molecule has 1 heterocycles. The van der Waals surface area contributed by atoms with Gasteiger partial charge in [-0.25, -0.2) is 4.98 Å². The summed E-state index contributed by atoms with van der Waals surface area (Å²) in [5.41, 5.74) is 14.3. The number of nitrogens with zero attached hydrogens (tertiary/aromatic N) is 1. The Morgan fingerprint density at radius 2 is 2.05 bits per heavy atom. The van der Waals surface area contributed by atoms with Crippen LogP contribution in [0.2, 0.25) is 0 Å². The number of anilines is 1. The molecule has 5 N–H and O–H groups in total. The number of nitrogens with one attached hydrogen (secondary N) is 1. The smallest absolute Gasteiger partial charge is 0.250 e. The molecule has 1 aromatic heterocycles. The van der Waals surface area contributed by atoms with E-state index in [9.17, 15) is 4.79 Å². The molecule has 1 aliphatic carbocycles. The number of nitrogens with two attached hydrogens (primary N) is 2. The van der Waals surface area contributed by atoms with Gasteiger partial charge in [0.25, 0.3) is 0 Å². The highest BCUT2D eigenvalue weighted by atomic mass is 16.1. The second-order valence-corrected chi connectivity index (χ2v) is 4.99. The topological polar surface area (TPSA) is 94.0 Å². The van der Waals surface area contributed by atoms with Crippen LogP contribution in [0.25, 0.3) is 0 Å². The quantitative estimate of drug-likeness (QED) is 0.780. The van der Waals surface area contributed by atoms with Crippen LogP contribution in [0.4, 0.5) is 5.82 Å². The number of benzene rings is 1. The molecule has 102 valence electrons. The highest BCUT2D eigenvalue weighted by Gasteiger charge is 2.29. The number of fused-ring (bicyclic) bond motifs is 1. The number of rotatable bonds is 3. The van der Waals surface area contributed by atoms with E-state index in [1.165, 1.54) is 17.3 Å². The van der Waals surface area contributed by atoms with Crippen molar-refractivity contribution in [2.45, 2.75) is 18.5 Å². The van der Waals surface area contributed by atoms with E-state index in [4.69, 9.17) is 11.5 Å². The van der Waals surface area contributed by atoms with Crippen LogP contribution in [0.3, 0.4) is 0 Å². The number of hydrogen-bond acceptors (Lipinski definition) is 4. The van der Waals surface area contributed by atoms with Crippen molar-refractivity contribution in [1.29, 1.82) is 0 Å². The predicted molar refractivity (Wildman–Crippen MR) is 77.2 cm³/mol. The van der Waals surface area contributed by atoms with Gasteiger partial charge in [-0.2, -0.15) is 0 Å². The SMILES string of the molecule is NC(=O)c1ccc(NC2c3ccccc3CC2N)nc1. The average molecular weight is 268 g/mol. The van der Waals surface area contributed by atoms with Gasteiger partial charge in [-0.15, -0.1) is 0 Å². The first-order chi connectivity index (χ1) is 9.65. The first-order valence-corrected chi connectivity index (χ1v) is 6.51. The molecule has 5 heteroatoms. The molecule has 0 aliphatic heterocycles. The number of amides is 1. The molecule has 0 saturated carbocycles. The molecule has 20 heavy (non-hydrogen) atoms. The number of carbonyl (C=O) groups is 1. The molecular formula is C15H16N4O. The van der Waals surface area contributed by atoms with E-state index >= 15 is 0 Å². The first-order valence-electron chi connectivity index (χ1n) is 6.51. The van der Waals surface area contributed by atoms with Gasteiger partial charge < -0.3 is 16.8 Å². The number of pyridine rings is 1. The molecule has 5 nitrogen and oxygen atoms in total. The lowest BCUT2D eigenvalue weighted by Gasteiger charge is -2.19. The summed E-state index contributed by atoms with van der Waals surface area (Å²) in [6.45, 7) is 0. The monoisotopic (exact) mass is 268 g/mol. The summed E-state index contributed by atoms with van der Waals surface area (Å²) in [5, 5.41) is 3.32. The van der Waals surface area contributed by atoms with Crippen molar-refractivity contribution >= 4 is 11.7 Å². The third kappa shape index (κ3) is 2.23. The Labute approximate surface area is 117 Å². The van der Waals surface area contributed by atoms with Crippen LogP contribution in [0.1, 0.15) is 27.5 Å². The van der Waals surface area contributed by atoms with Crippen LogP contribution in [0.15, 0.2) is 42.6 Å². The van der Waals surface area contributed by atoms with Crippen molar-refractivity contribution in [3.63, 3.8) is 0 Å². The highest BCUT2D eigenvalue weighted by molar-refractivity contribution is 5.92. The third-order valence-electron chi connectivity index (χ3n) is 3.63. The van der Waals surface area contributed by atoms with E-state index in [-0.39, 0.29) is 12.1 Å². The molecule has 0 fully saturated rings. The first kappa shape index (κ1) is 12.6. The summed E-state index contributed by atoms with van der Waals surface area (Å²) in [4.78, 5) is 15.2. The second-order valence-electron chi connectivity index (χ2n) is 4.99. The molecule has 3 rings (SSSR count). The summed E-state index contributed by atoms with van der Waals surface area (Å²) in [7, 11) is 0. The molecule has 0 radical (unpaired) electrons.